The lowest BCUT2D eigenvalue weighted by atomic mass is 10.0. The average molecular weight is 421 g/mol. The predicted molar refractivity (Wildman–Crippen MR) is 118 cm³/mol. The molecule has 1 unspecified atom stereocenters. The molecular weight excluding hydrogens is 397 g/mol. The van der Waals surface area contributed by atoms with Crippen LogP contribution in [0.1, 0.15) is 16.7 Å². The van der Waals surface area contributed by atoms with E-state index in [9.17, 15) is 19.4 Å². The molecule has 0 aliphatic heterocycles. The van der Waals surface area contributed by atoms with Gasteiger partial charge in [0.05, 0.1) is 5.57 Å². The SMILES string of the molecule is O=C(O)/C(=C/c1ccc(OCC(O)CNCc2ccccc2)cc1)c1ccc(F)cc1. The van der Waals surface area contributed by atoms with E-state index in [1.165, 1.54) is 30.3 Å². The van der Waals surface area contributed by atoms with Crippen molar-refractivity contribution in [3.8, 4) is 5.75 Å². The molecule has 31 heavy (non-hydrogen) atoms. The van der Waals surface area contributed by atoms with E-state index < -0.39 is 17.9 Å². The van der Waals surface area contributed by atoms with Crippen molar-refractivity contribution in [2.45, 2.75) is 12.6 Å². The molecule has 160 valence electrons. The third kappa shape index (κ3) is 7.06. The van der Waals surface area contributed by atoms with Crippen molar-refractivity contribution in [1.29, 1.82) is 0 Å². The molecule has 3 aromatic carbocycles. The van der Waals surface area contributed by atoms with E-state index in [-0.39, 0.29) is 12.2 Å². The second-order valence-corrected chi connectivity index (χ2v) is 7.02. The summed E-state index contributed by atoms with van der Waals surface area (Å²) in [7, 11) is 0. The molecule has 0 heterocycles. The van der Waals surface area contributed by atoms with E-state index in [0.29, 0.717) is 30.0 Å². The van der Waals surface area contributed by atoms with Gasteiger partial charge in [0.1, 0.15) is 24.3 Å². The Morgan fingerprint density at radius 2 is 1.68 bits per heavy atom. The molecule has 6 heteroatoms. The number of hydrogen-bond donors (Lipinski definition) is 3. The van der Waals surface area contributed by atoms with Crippen molar-refractivity contribution in [2.24, 2.45) is 0 Å². The van der Waals surface area contributed by atoms with Crippen LogP contribution in [0.15, 0.2) is 78.9 Å². The van der Waals surface area contributed by atoms with Crippen molar-refractivity contribution < 1.29 is 24.1 Å². The topological polar surface area (TPSA) is 78.8 Å². The normalized spacial score (nSPS) is 12.4. The van der Waals surface area contributed by atoms with Crippen molar-refractivity contribution in [1.82, 2.24) is 5.32 Å². The van der Waals surface area contributed by atoms with Crippen LogP contribution in [0, 0.1) is 5.82 Å². The van der Waals surface area contributed by atoms with Crippen LogP contribution < -0.4 is 10.1 Å². The lowest BCUT2D eigenvalue weighted by Crippen LogP contribution is -2.31. The third-order valence-electron chi connectivity index (χ3n) is 4.57. The molecule has 3 N–H and O–H groups in total. The van der Waals surface area contributed by atoms with E-state index in [4.69, 9.17) is 4.74 Å². The van der Waals surface area contributed by atoms with Crippen molar-refractivity contribution in [3.63, 3.8) is 0 Å². The summed E-state index contributed by atoms with van der Waals surface area (Å²) in [6, 6.07) is 22.1. The minimum absolute atomic E-state index is 0.0635. The molecule has 0 aromatic heterocycles. The van der Waals surface area contributed by atoms with Crippen LogP contribution in [-0.4, -0.2) is 35.4 Å². The molecule has 0 aliphatic carbocycles. The Balaban J connectivity index is 1.52. The molecule has 5 nitrogen and oxygen atoms in total. The van der Waals surface area contributed by atoms with Crippen molar-refractivity contribution in [3.05, 3.63) is 101 Å². The number of nitrogens with one attached hydrogen (secondary N) is 1. The molecule has 3 rings (SSSR count). The largest absolute Gasteiger partial charge is 0.491 e. The van der Waals surface area contributed by atoms with Gasteiger partial charge in [-0.1, -0.05) is 54.6 Å². The monoisotopic (exact) mass is 421 g/mol. The summed E-state index contributed by atoms with van der Waals surface area (Å²) < 4.78 is 18.7. The number of aliphatic hydroxyl groups is 1. The molecular formula is C25H24FNO4. The first-order chi connectivity index (χ1) is 15.0. The highest BCUT2D eigenvalue weighted by atomic mass is 19.1. The third-order valence-corrected chi connectivity index (χ3v) is 4.57. The summed E-state index contributed by atoms with van der Waals surface area (Å²) in [5.41, 5.74) is 2.29. The summed E-state index contributed by atoms with van der Waals surface area (Å²) in [4.78, 5) is 11.6. The number of ether oxygens (including phenoxy) is 1. The second-order valence-electron chi connectivity index (χ2n) is 7.02. The fraction of sp³-hybridized carbons (Fsp3) is 0.160. The van der Waals surface area contributed by atoms with E-state index in [2.05, 4.69) is 5.32 Å². The fourth-order valence-electron chi connectivity index (χ4n) is 2.96. The Morgan fingerprint density at radius 3 is 2.32 bits per heavy atom. The number of benzene rings is 3. The molecule has 0 bridgehead atoms. The van der Waals surface area contributed by atoms with Gasteiger partial charge in [0, 0.05) is 13.1 Å². The van der Waals surface area contributed by atoms with Crippen molar-refractivity contribution >= 4 is 17.6 Å². The Labute approximate surface area is 180 Å². The van der Waals surface area contributed by atoms with Crippen LogP contribution in [0.25, 0.3) is 11.6 Å². The Morgan fingerprint density at radius 1 is 1.00 bits per heavy atom. The van der Waals surface area contributed by atoms with E-state index in [0.717, 1.165) is 5.56 Å². The first-order valence-electron chi connectivity index (χ1n) is 9.88. The first-order valence-corrected chi connectivity index (χ1v) is 9.88. The number of carboxylic acids is 1. The van der Waals surface area contributed by atoms with Crippen LogP contribution in [-0.2, 0) is 11.3 Å². The fourth-order valence-corrected chi connectivity index (χ4v) is 2.96. The quantitative estimate of drug-likeness (QED) is 0.341. The molecule has 0 radical (unpaired) electrons. The van der Waals surface area contributed by atoms with E-state index in [1.54, 1.807) is 24.3 Å². The summed E-state index contributed by atoms with van der Waals surface area (Å²) >= 11 is 0. The highest BCUT2D eigenvalue weighted by Crippen LogP contribution is 2.21. The Hall–Kier alpha value is -3.48. The zero-order valence-corrected chi connectivity index (χ0v) is 16.9. The molecule has 1 atom stereocenters. The number of hydrogen-bond acceptors (Lipinski definition) is 4. The van der Waals surface area contributed by atoms with Crippen LogP contribution in [0.4, 0.5) is 4.39 Å². The highest BCUT2D eigenvalue weighted by molar-refractivity contribution is 6.20. The highest BCUT2D eigenvalue weighted by Gasteiger charge is 2.11. The van der Waals surface area contributed by atoms with E-state index in [1.807, 2.05) is 30.3 Å². The van der Waals surface area contributed by atoms with Gasteiger partial charge in [-0.15, -0.1) is 0 Å². The summed E-state index contributed by atoms with van der Waals surface area (Å²) in [6.45, 7) is 1.20. The van der Waals surface area contributed by atoms with Gasteiger partial charge in [-0.25, -0.2) is 9.18 Å². The first kappa shape index (κ1) is 22.2. The second kappa shape index (κ2) is 11.1. The van der Waals surface area contributed by atoms with Crippen LogP contribution in [0.3, 0.4) is 0 Å². The minimum Gasteiger partial charge on any atom is -0.491 e. The summed E-state index contributed by atoms with van der Waals surface area (Å²) in [5.74, 6) is -0.955. The summed E-state index contributed by atoms with van der Waals surface area (Å²) in [5, 5.41) is 22.7. The van der Waals surface area contributed by atoms with Gasteiger partial charge in [0.25, 0.3) is 0 Å². The molecule has 3 aromatic rings. The number of carbonyl (C=O) groups is 1. The lowest BCUT2D eigenvalue weighted by molar-refractivity contribution is -0.130. The van der Waals surface area contributed by atoms with Crippen LogP contribution in [0.5, 0.6) is 5.75 Å². The number of aliphatic carboxylic acids is 1. The maximum absolute atomic E-state index is 13.1. The molecule has 0 saturated heterocycles. The number of rotatable bonds is 10. The van der Waals surface area contributed by atoms with Gasteiger partial charge in [0.15, 0.2) is 0 Å². The zero-order valence-electron chi connectivity index (χ0n) is 16.9. The molecule has 0 aliphatic rings. The Kier molecular flexibility index (Phi) is 7.92. The maximum atomic E-state index is 13.1. The Bertz CT molecular complexity index is 1000. The van der Waals surface area contributed by atoms with Crippen molar-refractivity contribution in [2.75, 3.05) is 13.2 Å². The lowest BCUT2D eigenvalue weighted by Gasteiger charge is -2.13. The molecule has 0 fully saturated rings. The number of halogens is 1. The van der Waals surface area contributed by atoms with Gasteiger partial charge in [-0.2, -0.15) is 0 Å². The van der Waals surface area contributed by atoms with Gasteiger partial charge in [-0.05, 0) is 47.0 Å². The number of carboxylic acid groups (broad SMARTS) is 1. The van der Waals surface area contributed by atoms with Gasteiger partial charge >= 0.3 is 5.97 Å². The molecule has 0 saturated carbocycles. The zero-order chi connectivity index (χ0) is 22.1. The maximum Gasteiger partial charge on any atom is 0.336 e. The van der Waals surface area contributed by atoms with Gasteiger partial charge in [-0.3, -0.25) is 0 Å². The molecule has 0 amide bonds. The molecule has 0 spiro atoms. The minimum atomic E-state index is -1.10. The number of aliphatic hydroxyl groups excluding tert-OH is 1. The standard InChI is InChI=1S/C25H24FNO4/c26-21-10-8-20(9-11-21)24(25(29)30)14-18-6-12-23(13-7-18)31-17-22(28)16-27-15-19-4-2-1-3-5-19/h1-14,22,27-28H,15-17H2,(H,29,30)/b24-14+. The van der Waals surface area contributed by atoms with Gasteiger partial charge < -0.3 is 20.3 Å². The van der Waals surface area contributed by atoms with E-state index >= 15 is 0 Å². The predicted octanol–water partition coefficient (Wildman–Crippen LogP) is 3.98. The van der Waals surface area contributed by atoms with Gasteiger partial charge in [0.2, 0.25) is 0 Å². The average Bonchev–Trinajstić information content (AvgIpc) is 2.78. The smallest absolute Gasteiger partial charge is 0.336 e. The summed E-state index contributed by atoms with van der Waals surface area (Å²) in [6.07, 6.45) is 0.849. The van der Waals surface area contributed by atoms with Crippen LogP contribution >= 0.6 is 0 Å². The van der Waals surface area contributed by atoms with Crippen LogP contribution in [0.2, 0.25) is 0 Å².